The van der Waals surface area contributed by atoms with Crippen LogP contribution in [-0.4, -0.2) is 16.5 Å². The maximum absolute atomic E-state index is 11.6. The van der Waals surface area contributed by atoms with Gasteiger partial charge in [0.2, 0.25) is 5.91 Å². The van der Waals surface area contributed by atoms with E-state index in [0.717, 1.165) is 12.8 Å². The van der Waals surface area contributed by atoms with Crippen LogP contribution in [0.1, 0.15) is 33.1 Å². The van der Waals surface area contributed by atoms with E-state index < -0.39 is 0 Å². The van der Waals surface area contributed by atoms with E-state index in [1.807, 2.05) is 13.8 Å². The molecule has 1 aromatic heterocycles. The summed E-state index contributed by atoms with van der Waals surface area (Å²) in [5, 5.41) is 2.78. The minimum atomic E-state index is -0.0625. The molecule has 1 aromatic rings. The van der Waals surface area contributed by atoms with Gasteiger partial charge in [-0.2, -0.15) is 0 Å². The molecule has 5 nitrogen and oxygen atoms in total. The van der Waals surface area contributed by atoms with Crippen LogP contribution in [0, 0.1) is 0 Å². The maximum Gasteiger partial charge on any atom is 0.250 e. The smallest absolute Gasteiger partial charge is 0.250 e. The molecule has 0 saturated carbocycles. The van der Waals surface area contributed by atoms with Crippen LogP contribution in [0.15, 0.2) is 23.1 Å². The maximum atomic E-state index is 11.6. The van der Waals surface area contributed by atoms with E-state index in [1.54, 1.807) is 16.8 Å². The van der Waals surface area contributed by atoms with Gasteiger partial charge in [0.1, 0.15) is 0 Å². The van der Waals surface area contributed by atoms with Crippen molar-refractivity contribution in [1.29, 1.82) is 0 Å². The summed E-state index contributed by atoms with van der Waals surface area (Å²) in [7, 11) is 0. The second-order valence-corrected chi connectivity index (χ2v) is 4.46. The van der Waals surface area contributed by atoms with Crippen LogP contribution in [0.3, 0.4) is 0 Å². The molecule has 0 aliphatic rings. The van der Waals surface area contributed by atoms with Gasteiger partial charge in [0, 0.05) is 31.3 Å². The molecular weight excluding hydrogens is 230 g/mol. The molecule has 0 radical (unpaired) electrons. The summed E-state index contributed by atoms with van der Waals surface area (Å²) in [6.07, 6.45) is 3.72. The van der Waals surface area contributed by atoms with Crippen molar-refractivity contribution in [3.63, 3.8) is 0 Å². The van der Waals surface area contributed by atoms with Crippen molar-refractivity contribution in [2.75, 3.05) is 5.32 Å². The number of carbonyl (C=O) groups excluding carboxylic acids is 1. The van der Waals surface area contributed by atoms with Crippen molar-refractivity contribution in [2.24, 2.45) is 5.73 Å². The Kier molecular flexibility index (Phi) is 5.58. The lowest BCUT2D eigenvalue weighted by Gasteiger charge is -2.08. The Bertz CT molecular complexity index is 452. The van der Waals surface area contributed by atoms with Crippen LogP contribution >= 0.6 is 0 Å². The predicted octanol–water partition coefficient (Wildman–Crippen LogP) is 1.32. The quantitative estimate of drug-likeness (QED) is 0.800. The normalized spacial score (nSPS) is 12.2. The van der Waals surface area contributed by atoms with Gasteiger partial charge in [0.15, 0.2) is 0 Å². The minimum absolute atomic E-state index is 0.0445. The van der Waals surface area contributed by atoms with Gasteiger partial charge >= 0.3 is 0 Å². The molecule has 0 bridgehead atoms. The van der Waals surface area contributed by atoms with E-state index in [9.17, 15) is 9.59 Å². The Balaban J connectivity index is 2.51. The molecular formula is C13H21N3O2. The highest BCUT2D eigenvalue weighted by molar-refractivity contribution is 5.90. The second-order valence-electron chi connectivity index (χ2n) is 4.46. The Labute approximate surface area is 107 Å². The number of anilines is 1. The first kappa shape index (κ1) is 14.4. The number of rotatable bonds is 6. The first-order valence-corrected chi connectivity index (χ1v) is 6.29. The van der Waals surface area contributed by atoms with Gasteiger partial charge in [0.05, 0.1) is 5.69 Å². The molecule has 1 amide bonds. The largest absolute Gasteiger partial charge is 0.328 e. The number of amides is 1. The zero-order valence-electron chi connectivity index (χ0n) is 11.0. The molecule has 1 atom stereocenters. The van der Waals surface area contributed by atoms with E-state index in [2.05, 4.69) is 5.32 Å². The zero-order valence-corrected chi connectivity index (χ0v) is 11.0. The third-order valence-electron chi connectivity index (χ3n) is 2.67. The van der Waals surface area contributed by atoms with Crippen LogP contribution in [-0.2, 0) is 11.3 Å². The topological polar surface area (TPSA) is 77.1 Å². The molecule has 0 saturated heterocycles. The van der Waals surface area contributed by atoms with Gasteiger partial charge in [-0.15, -0.1) is 0 Å². The summed E-state index contributed by atoms with van der Waals surface area (Å²) in [5.41, 5.74) is 6.21. The Morgan fingerprint density at radius 2 is 2.22 bits per heavy atom. The van der Waals surface area contributed by atoms with Crippen molar-refractivity contribution in [1.82, 2.24) is 4.57 Å². The molecule has 0 aliphatic heterocycles. The monoisotopic (exact) mass is 251 g/mol. The fourth-order valence-electron chi connectivity index (χ4n) is 1.66. The van der Waals surface area contributed by atoms with E-state index in [-0.39, 0.29) is 17.5 Å². The fraction of sp³-hybridized carbons (Fsp3) is 0.538. The molecule has 0 aromatic carbocycles. The molecule has 5 heteroatoms. The molecule has 1 rings (SSSR count). The van der Waals surface area contributed by atoms with E-state index >= 15 is 0 Å². The number of aryl methyl sites for hydroxylation is 1. The number of nitrogens with two attached hydrogens (primary N) is 1. The fourth-order valence-corrected chi connectivity index (χ4v) is 1.66. The first-order valence-electron chi connectivity index (χ1n) is 6.29. The van der Waals surface area contributed by atoms with Crippen LogP contribution in [0.2, 0.25) is 0 Å². The van der Waals surface area contributed by atoms with Crippen molar-refractivity contribution in [3.8, 4) is 0 Å². The molecule has 0 spiro atoms. The number of hydrogen-bond acceptors (Lipinski definition) is 3. The lowest BCUT2D eigenvalue weighted by Crippen LogP contribution is -2.20. The molecule has 1 unspecified atom stereocenters. The molecule has 3 N–H and O–H groups in total. The summed E-state index contributed by atoms with van der Waals surface area (Å²) in [4.78, 5) is 23.0. The summed E-state index contributed by atoms with van der Waals surface area (Å²) in [6, 6.07) is 3.21. The van der Waals surface area contributed by atoms with Gasteiger partial charge in [-0.05, 0) is 32.8 Å². The Morgan fingerprint density at radius 3 is 2.83 bits per heavy atom. The highest BCUT2D eigenvalue weighted by Gasteiger charge is 2.04. The van der Waals surface area contributed by atoms with Crippen LogP contribution in [0.4, 0.5) is 5.69 Å². The lowest BCUT2D eigenvalue weighted by atomic mass is 10.1. The average molecular weight is 251 g/mol. The summed E-state index contributed by atoms with van der Waals surface area (Å²) >= 11 is 0. The number of pyridine rings is 1. The standard InChI is InChI=1S/C13H21N3O2/c1-3-16-9-11(7-8-13(16)18)15-12(17)6-4-5-10(2)14/h7-10H,3-6,14H2,1-2H3,(H,15,17). The van der Waals surface area contributed by atoms with Gasteiger partial charge in [-0.3, -0.25) is 9.59 Å². The third kappa shape index (κ3) is 4.71. The van der Waals surface area contributed by atoms with Gasteiger partial charge in [-0.1, -0.05) is 0 Å². The average Bonchev–Trinajstić information content (AvgIpc) is 2.31. The van der Waals surface area contributed by atoms with Crippen molar-refractivity contribution >= 4 is 11.6 Å². The molecule has 0 fully saturated rings. The number of nitrogens with one attached hydrogen (secondary N) is 1. The van der Waals surface area contributed by atoms with E-state index in [0.29, 0.717) is 18.7 Å². The van der Waals surface area contributed by atoms with Crippen molar-refractivity contribution in [2.45, 2.75) is 45.7 Å². The van der Waals surface area contributed by atoms with E-state index in [1.165, 1.54) is 6.07 Å². The lowest BCUT2D eigenvalue weighted by molar-refractivity contribution is -0.116. The summed E-state index contributed by atoms with van der Waals surface area (Å²) < 4.78 is 1.55. The Morgan fingerprint density at radius 1 is 1.50 bits per heavy atom. The van der Waals surface area contributed by atoms with Crippen molar-refractivity contribution < 1.29 is 4.79 Å². The SMILES string of the molecule is CCn1cc(NC(=O)CCCC(C)N)ccc1=O. The molecule has 100 valence electrons. The minimum Gasteiger partial charge on any atom is -0.328 e. The molecule has 18 heavy (non-hydrogen) atoms. The van der Waals surface area contributed by atoms with Gasteiger partial charge in [-0.25, -0.2) is 0 Å². The van der Waals surface area contributed by atoms with Crippen LogP contribution < -0.4 is 16.6 Å². The van der Waals surface area contributed by atoms with Crippen molar-refractivity contribution in [3.05, 3.63) is 28.7 Å². The molecule has 0 aliphatic carbocycles. The molecule has 1 heterocycles. The number of carbonyl (C=O) groups is 1. The van der Waals surface area contributed by atoms with Gasteiger partial charge in [0.25, 0.3) is 5.56 Å². The van der Waals surface area contributed by atoms with Gasteiger partial charge < -0.3 is 15.6 Å². The number of aromatic nitrogens is 1. The second kappa shape index (κ2) is 6.96. The third-order valence-corrected chi connectivity index (χ3v) is 2.67. The number of nitrogens with zero attached hydrogens (tertiary/aromatic N) is 1. The highest BCUT2D eigenvalue weighted by atomic mass is 16.1. The Hall–Kier alpha value is -1.62. The predicted molar refractivity (Wildman–Crippen MR) is 72.5 cm³/mol. The van der Waals surface area contributed by atoms with Crippen LogP contribution in [0.5, 0.6) is 0 Å². The summed E-state index contributed by atoms with van der Waals surface area (Å²) in [6.45, 7) is 4.40. The first-order chi connectivity index (χ1) is 8.52. The van der Waals surface area contributed by atoms with E-state index in [4.69, 9.17) is 5.73 Å². The highest BCUT2D eigenvalue weighted by Crippen LogP contribution is 2.06. The van der Waals surface area contributed by atoms with Crippen LogP contribution in [0.25, 0.3) is 0 Å². The number of hydrogen-bond donors (Lipinski definition) is 2. The zero-order chi connectivity index (χ0) is 13.5. The summed E-state index contributed by atoms with van der Waals surface area (Å²) in [5.74, 6) is -0.0445.